The van der Waals surface area contributed by atoms with Crippen molar-refractivity contribution in [1.29, 1.82) is 0 Å². The predicted octanol–water partition coefficient (Wildman–Crippen LogP) is 1.88. The number of hydrogen-bond donors (Lipinski definition) is 2. The topological polar surface area (TPSA) is 123 Å². The van der Waals surface area contributed by atoms with E-state index >= 15 is 0 Å². The van der Waals surface area contributed by atoms with Crippen LogP contribution in [0.4, 0.5) is 5.69 Å². The maximum atomic E-state index is 11.7. The third-order valence-electron chi connectivity index (χ3n) is 3.45. The molecule has 0 aliphatic carbocycles. The van der Waals surface area contributed by atoms with Crippen molar-refractivity contribution in [2.75, 3.05) is 13.7 Å². The number of carbonyl (C=O) groups excluding carboxylic acids is 2. The minimum atomic E-state index is -0.534. The summed E-state index contributed by atoms with van der Waals surface area (Å²) in [7, 11) is 1.57. The van der Waals surface area contributed by atoms with Gasteiger partial charge < -0.3 is 10.1 Å². The van der Waals surface area contributed by atoms with Crippen LogP contribution in [0.5, 0.6) is 5.75 Å². The summed E-state index contributed by atoms with van der Waals surface area (Å²) in [6.45, 7) is -0.266. The summed E-state index contributed by atoms with van der Waals surface area (Å²) in [4.78, 5) is 33.6. The molecule has 9 nitrogen and oxygen atoms in total. The van der Waals surface area contributed by atoms with Crippen molar-refractivity contribution >= 4 is 29.8 Å². The number of ether oxygens (including phenoxy) is 1. The summed E-state index contributed by atoms with van der Waals surface area (Å²) in [6, 6.07) is 12.9. The average molecular weight is 382 g/mol. The Morgan fingerprint density at radius 1 is 1.18 bits per heavy atom. The molecule has 2 amide bonds. The lowest BCUT2D eigenvalue weighted by Crippen LogP contribution is -2.34. The second-order valence-corrected chi connectivity index (χ2v) is 5.47. The summed E-state index contributed by atoms with van der Waals surface area (Å²) in [5, 5.41) is 16.8. The zero-order chi connectivity index (χ0) is 20.4. The first-order valence-electron chi connectivity index (χ1n) is 8.14. The molecule has 2 aromatic rings. The fourth-order valence-electron chi connectivity index (χ4n) is 2.05. The van der Waals surface area contributed by atoms with Gasteiger partial charge in [0.15, 0.2) is 0 Å². The number of nitro benzene ring substituents is 1. The van der Waals surface area contributed by atoms with Gasteiger partial charge in [0.05, 0.1) is 24.8 Å². The number of non-ortho nitro benzene ring substituents is 1. The number of rotatable bonds is 8. The SMILES string of the molecule is COc1ccc(/C=C/C(=O)NCC(=O)N/N=C\c2cccc([N+](=O)[O-])c2)cc1. The van der Waals surface area contributed by atoms with E-state index < -0.39 is 16.7 Å². The normalized spacial score (nSPS) is 10.8. The quantitative estimate of drug-likeness (QED) is 0.312. The summed E-state index contributed by atoms with van der Waals surface area (Å²) in [5.41, 5.74) is 3.42. The van der Waals surface area contributed by atoms with Crippen molar-refractivity contribution in [3.63, 3.8) is 0 Å². The first kappa shape index (κ1) is 20.3. The molecule has 0 unspecified atom stereocenters. The van der Waals surface area contributed by atoms with Crippen LogP contribution < -0.4 is 15.5 Å². The molecule has 0 saturated heterocycles. The molecule has 2 aromatic carbocycles. The van der Waals surface area contributed by atoms with Gasteiger partial charge in [-0.2, -0.15) is 5.10 Å². The van der Waals surface area contributed by atoms with Crippen LogP contribution in [0.15, 0.2) is 59.7 Å². The predicted molar refractivity (Wildman–Crippen MR) is 104 cm³/mol. The monoisotopic (exact) mass is 382 g/mol. The van der Waals surface area contributed by atoms with Gasteiger partial charge >= 0.3 is 0 Å². The van der Waals surface area contributed by atoms with Gasteiger partial charge in [0, 0.05) is 23.8 Å². The lowest BCUT2D eigenvalue weighted by atomic mass is 10.2. The molecule has 0 heterocycles. The number of nitrogens with zero attached hydrogens (tertiary/aromatic N) is 2. The van der Waals surface area contributed by atoms with E-state index in [1.165, 1.54) is 30.5 Å². The van der Waals surface area contributed by atoms with Crippen molar-refractivity contribution in [2.24, 2.45) is 5.10 Å². The van der Waals surface area contributed by atoms with Gasteiger partial charge in [-0.05, 0) is 23.8 Å². The minimum absolute atomic E-state index is 0.0776. The molecule has 0 aliphatic heterocycles. The largest absolute Gasteiger partial charge is 0.497 e. The minimum Gasteiger partial charge on any atom is -0.497 e. The smallest absolute Gasteiger partial charge is 0.270 e. The zero-order valence-corrected chi connectivity index (χ0v) is 15.0. The Morgan fingerprint density at radius 2 is 1.93 bits per heavy atom. The molecule has 0 atom stereocenters. The van der Waals surface area contributed by atoms with Crippen LogP contribution in [0.1, 0.15) is 11.1 Å². The Kier molecular flexibility index (Phi) is 7.41. The number of hydrazone groups is 1. The number of hydrogen-bond acceptors (Lipinski definition) is 6. The van der Waals surface area contributed by atoms with E-state index in [9.17, 15) is 19.7 Å². The average Bonchev–Trinajstić information content (AvgIpc) is 2.71. The maximum Gasteiger partial charge on any atom is 0.270 e. The third kappa shape index (κ3) is 6.71. The second-order valence-electron chi connectivity index (χ2n) is 5.47. The highest BCUT2D eigenvalue weighted by molar-refractivity contribution is 5.94. The molecule has 0 aromatic heterocycles. The molecular weight excluding hydrogens is 364 g/mol. The summed E-state index contributed by atoms with van der Waals surface area (Å²) < 4.78 is 5.05. The van der Waals surface area contributed by atoms with Gasteiger partial charge in [-0.3, -0.25) is 19.7 Å². The molecule has 2 N–H and O–H groups in total. The van der Waals surface area contributed by atoms with Crippen molar-refractivity contribution < 1.29 is 19.2 Å². The molecule has 144 valence electrons. The van der Waals surface area contributed by atoms with Gasteiger partial charge in [-0.25, -0.2) is 5.43 Å². The van der Waals surface area contributed by atoms with Gasteiger partial charge in [0.25, 0.3) is 11.6 Å². The van der Waals surface area contributed by atoms with Crippen molar-refractivity contribution in [2.45, 2.75) is 0 Å². The zero-order valence-electron chi connectivity index (χ0n) is 15.0. The van der Waals surface area contributed by atoms with Crippen molar-refractivity contribution in [3.05, 3.63) is 75.8 Å². The second kappa shape index (κ2) is 10.2. The van der Waals surface area contributed by atoms with Gasteiger partial charge in [0.2, 0.25) is 5.91 Å². The first-order valence-corrected chi connectivity index (χ1v) is 8.14. The Morgan fingerprint density at radius 3 is 2.61 bits per heavy atom. The molecule has 0 spiro atoms. The Balaban J connectivity index is 1.76. The van der Waals surface area contributed by atoms with Crippen LogP contribution >= 0.6 is 0 Å². The van der Waals surface area contributed by atoms with Crippen LogP contribution in [0, 0.1) is 10.1 Å². The summed E-state index contributed by atoms with van der Waals surface area (Å²) >= 11 is 0. The number of nitro groups is 1. The van der Waals surface area contributed by atoms with Crippen LogP contribution in [0.3, 0.4) is 0 Å². The molecule has 2 rings (SSSR count). The maximum absolute atomic E-state index is 11.7. The van der Waals surface area contributed by atoms with Crippen molar-refractivity contribution in [3.8, 4) is 5.75 Å². The lowest BCUT2D eigenvalue weighted by Gasteiger charge is -2.01. The lowest BCUT2D eigenvalue weighted by molar-refractivity contribution is -0.384. The van der Waals surface area contributed by atoms with E-state index in [1.54, 1.807) is 43.5 Å². The van der Waals surface area contributed by atoms with Crippen LogP contribution in [0.25, 0.3) is 6.08 Å². The molecule has 0 saturated carbocycles. The molecule has 28 heavy (non-hydrogen) atoms. The fourth-order valence-corrected chi connectivity index (χ4v) is 2.05. The number of amides is 2. The van der Waals surface area contributed by atoms with E-state index in [0.717, 1.165) is 5.56 Å². The Hall–Kier alpha value is -4.01. The highest BCUT2D eigenvalue weighted by Crippen LogP contribution is 2.12. The third-order valence-corrected chi connectivity index (χ3v) is 3.45. The Labute approximate surface area is 160 Å². The van der Waals surface area contributed by atoms with Crippen molar-refractivity contribution in [1.82, 2.24) is 10.7 Å². The number of methoxy groups -OCH3 is 1. The molecule has 0 bridgehead atoms. The van der Waals surface area contributed by atoms with Gasteiger partial charge in [0.1, 0.15) is 5.75 Å². The van der Waals surface area contributed by atoms with Gasteiger partial charge in [-0.1, -0.05) is 24.3 Å². The summed E-state index contributed by atoms with van der Waals surface area (Å²) in [5.74, 6) is -0.259. The molecule has 9 heteroatoms. The molecule has 0 aliphatic rings. The number of benzene rings is 2. The standard InChI is InChI=1S/C19H18N4O5/c1-28-17-8-5-14(6-9-17)7-10-18(24)20-13-19(25)22-21-12-15-3-2-4-16(11-15)23(26)27/h2-12H,13H2,1H3,(H,20,24)(H,22,25)/b10-7+,21-12-. The van der Waals surface area contributed by atoms with Gasteiger partial charge in [-0.15, -0.1) is 0 Å². The number of carbonyl (C=O) groups is 2. The van der Waals surface area contributed by atoms with E-state index in [4.69, 9.17) is 4.74 Å². The summed E-state index contributed by atoms with van der Waals surface area (Å²) in [6.07, 6.45) is 4.19. The molecule has 0 radical (unpaired) electrons. The van der Waals surface area contributed by atoms with Crippen LogP contribution in [0.2, 0.25) is 0 Å². The first-order chi connectivity index (χ1) is 13.5. The van der Waals surface area contributed by atoms with E-state index in [-0.39, 0.29) is 12.2 Å². The highest BCUT2D eigenvalue weighted by atomic mass is 16.6. The number of nitrogens with one attached hydrogen (secondary N) is 2. The Bertz CT molecular complexity index is 907. The molecular formula is C19H18N4O5. The van der Waals surface area contributed by atoms with E-state index in [1.807, 2.05) is 0 Å². The molecule has 0 fully saturated rings. The van der Waals surface area contributed by atoms with Crippen LogP contribution in [-0.2, 0) is 9.59 Å². The highest BCUT2D eigenvalue weighted by Gasteiger charge is 2.05. The van der Waals surface area contributed by atoms with Crippen LogP contribution in [-0.4, -0.2) is 36.6 Å². The van der Waals surface area contributed by atoms with E-state index in [0.29, 0.717) is 11.3 Å². The fraction of sp³-hybridized carbons (Fsp3) is 0.105. The van der Waals surface area contributed by atoms with E-state index in [2.05, 4.69) is 15.8 Å².